The van der Waals surface area contributed by atoms with Crippen molar-refractivity contribution >= 4 is 11.8 Å². The van der Waals surface area contributed by atoms with Gasteiger partial charge in [0.15, 0.2) is 5.82 Å². The van der Waals surface area contributed by atoms with Crippen molar-refractivity contribution < 1.29 is 13.3 Å². The van der Waals surface area contributed by atoms with Crippen LogP contribution in [0.5, 0.6) is 0 Å². The van der Waals surface area contributed by atoms with E-state index >= 15 is 0 Å². The summed E-state index contributed by atoms with van der Waals surface area (Å²) in [6.45, 7) is 0. The summed E-state index contributed by atoms with van der Waals surface area (Å²) in [6, 6.07) is 5.34. The molecular weight excluding hydrogens is 272 g/mol. The molecule has 0 saturated carbocycles. The normalized spacial score (nSPS) is 10.4. The van der Waals surface area contributed by atoms with Gasteiger partial charge >= 0.3 is 0 Å². The minimum Gasteiger partial charge on any atom is -0.338 e. The number of hydrogen-bond acceptors (Lipinski definition) is 5. The Morgan fingerprint density at radius 3 is 2.95 bits per heavy atom. The third-order valence-corrected chi connectivity index (χ3v) is 3.05. The standard InChI is InChI=1S/C12H9F2N3OS/c13-9-2-1-8(10(14)6-9)5-11-16-12(18-17-11)7-19-4-3-15/h1-2,6H,4-5,7H2. The van der Waals surface area contributed by atoms with E-state index in [0.717, 1.165) is 6.07 Å². The maximum Gasteiger partial charge on any atom is 0.236 e. The highest BCUT2D eigenvalue weighted by Gasteiger charge is 2.10. The molecule has 0 radical (unpaired) electrons. The molecule has 1 aromatic heterocycles. The van der Waals surface area contributed by atoms with Crippen LogP contribution in [0.3, 0.4) is 0 Å². The Labute approximate surface area is 112 Å². The monoisotopic (exact) mass is 281 g/mol. The molecule has 0 aliphatic heterocycles. The number of nitriles is 1. The molecule has 0 unspecified atom stereocenters. The minimum absolute atomic E-state index is 0.137. The van der Waals surface area contributed by atoms with E-state index in [-0.39, 0.29) is 6.42 Å². The molecule has 7 heteroatoms. The molecule has 19 heavy (non-hydrogen) atoms. The van der Waals surface area contributed by atoms with Gasteiger partial charge in [0, 0.05) is 12.5 Å². The first kappa shape index (κ1) is 13.5. The van der Waals surface area contributed by atoms with Gasteiger partial charge in [-0.25, -0.2) is 8.78 Å². The lowest BCUT2D eigenvalue weighted by Crippen LogP contribution is -1.95. The number of hydrogen-bond donors (Lipinski definition) is 0. The van der Waals surface area contributed by atoms with E-state index < -0.39 is 11.6 Å². The van der Waals surface area contributed by atoms with Crippen LogP contribution < -0.4 is 0 Å². The second-order valence-corrected chi connectivity index (χ2v) is 4.65. The highest BCUT2D eigenvalue weighted by Crippen LogP contribution is 2.15. The summed E-state index contributed by atoms with van der Waals surface area (Å²) in [7, 11) is 0. The van der Waals surface area contributed by atoms with Crippen LogP contribution in [-0.4, -0.2) is 15.9 Å². The SMILES string of the molecule is N#CCSCc1nc(Cc2ccc(F)cc2F)no1. The average molecular weight is 281 g/mol. The second-order valence-electron chi connectivity index (χ2n) is 3.67. The van der Waals surface area contributed by atoms with Crippen molar-refractivity contribution in [3.05, 3.63) is 47.1 Å². The predicted molar refractivity (Wildman–Crippen MR) is 65.2 cm³/mol. The van der Waals surface area contributed by atoms with E-state index in [1.54, 1.807) is 0 Å². The zero-order valence-corrected chi connectivity index (χ0v) is 10.6. The lowest BCUT2D eigenvalue weighted by molar-refractivity contribution is 0.385. The Bertz CT molecular complexity index is 609. The van der Waals surface area contributed by atoms with Crippen LogP contribution in [0.25, 0.3) is 0 Å². The van der Waals surface area contributed by atoms with E-state index in [0.29, 0.717) is 28.8 Å². The van der Waals surface area contributed by atoms with Crippen LogP contribution in [0.4, 0.5) is 8.78 Å². The van der Waals surface area contributed by atoms with Gasteiger partial charge in [0.2, 0.25) is 5.89 Å². The van der Waals surface area contributed by atoms with Crippen molar-refractivity contribution in [2.45, 2.75) is 12.2 Å². The summed E-state index contributed by atoms with van der Waals surface area (Å²) in [5.41, 5.74) is 0.304. The van der Waals surface area contributed by atoms with Crippen LogP contribution in [0, 0.1) is 23.0 Å². The Hall–Kier alpha value is -1.94. The van der Waals surface area contributed by atoms with Gasteiger partial charge < -0.3 is 4.52 Å². The lowest BCUT2D eigenvalue weighted by Gasteiger charge is -1.98. The number of halogens is 2. The summed E-state index contributed by atoms with van der Waals surface area (Å²) in [4.78, 5) is 4.07. The Morgan fingerprint density at radius 2 is 2.21 bits per heavy atom. The second kappa shape index (κ2) is 6.29. The fourth-order valence-corrected chi connectivity index (χ4v) is 1.93. The van der Waals surface area contributed by atoms with Crippen molar-refractivity contribution in [3.8, 4) is 6.07 Å². The summed E-state index contributed by atoms with van der Waals surface area (Å²) >= 11 is 1.35. The molecule has 0 aliphatic rings. The van der Waals surface area contributed by atoms with E-state index in [1.807, 2.05) is 6.07 Å². The topological polar surface area (TPSA) is 62.7 Å². The highest BCUT2D eigenvalue weighted by atomic mass is 32.2. The molecule has 98 valence electrons. The first-order valence-corrected chi connectivity index (χ1v) is 6.54. The molecule has 0 fully saturated rings. The molecule has 4 nitrogen and oxygen atoms in total. The van der Waals surface area contributed by atoms with Gasteiger partial charge in [0.25, 0.3) is 0 Å². The van der Waals surface area contributed by atoms with Crippen molar-refractivity contribution in [1.82, 2.24) is 10.1 Å². The van der Waals surface area contributed by atoms with Gasteiger partial charge in [-0.2, -0.15) is 10.2 Å². The number of thioether (sulfide) groups is 1. The Kier molecular flexibility index (Phi) is 4.47. The van der Waals surface area contributed by atoms with Crippen molar-refractivity contribution in [1.29, 1.82) is 5.26 Å². The summed E-state index contributed by atoms with van der Waals surface area (Å²) in [5, 5.41) is 12.1. The highest BCUT2D eigenvalue weighted by molar-refractivity contribution is 7.98. The molecule has 2 rings (SSSR count). The van der Waals surface area contributed by atoms with Crippen molar-refractivity contribution in [2.24, 2.45) is 0 Å². The van der Waals surface area contributed by atoms with Gasteiger partial charge in [-0.15, -0.1) is 11.8 Å². The minimum atomic E-state index is -0.634. The average Bonchev–Trinajstić information content (AvgIpc) is 2.81. The van der Waals surface area contributed by atoms with Gasteiger partial charge in [0.05, 0.1) is 17.6 Å². The van der Waals surface area contributed by atoms with Crippen LogP contribution in [-0.2, 0) is 12.2 Å². The number of nitrogens with zero attached hydrogens (tertiary/aromatic N) is 3. The van der Waals surface area contributed by atoms with Crippen LogP contribution in [0.2, 0.25) is 0 Å². The van der Waals surface area contributed by atoms with Gasteiger partial charge in [-0.3, -0.25) is 0 Å². The Balaban J connectivity index is 2.01. The zero-order valence-electron chi connectivity index (χ0n) is 9.77. The first-order valence-electron chi connectivity index (χ1n) is 5.39. The van der Waals surface area contributed by atoms with Gasteiger partial charge in [0.1, 0.15) is 11.6 Å². The third kappa shape index (κ3) is 3.76. The smallest absolute Gasteiger partial charge is 0.236 e. The van der Waals surface area contributed by atoms with Crippen LogP contribution in [0.1, 0.15) is 17.3 Å². The van der Waals surface area contributed by atoms with Gasteiger partial charge in [-0.05, 0) is 11.6 Å². The summed E-state index contributed by atoms with van der Waals surface area (Å²) < 4.78 is 31.1. The molecule has 2 aromatic rings. The molecule has 0 spiro atoms. The maximum atomic E-state index is 13.4. The van der Waals surface area contributed by atoms with Gasteiger partial charge in [-0.1, -0.05) is 11.2 Å². The number of aromatic nitrogens is 2. The number of rotatable bonds is 5. The molecular formula is C12H9F2N3OS. The molecule has 0 N–H and O–H groups in total. The molecule has 0 bridgehead atoms. The maximum absolute atomic E-state index is 13.4. The molecule has 1 aromatic carbocycles. The van der Waals surface area contributed by atoms with Crippen molar-refractivity contribution in [3.63, 3.8) is 0 Å². The van der Waals surface area contributed by atoms with E-state index in [1.165, 1.54) is 23.9 Å². The van der Waals surface area contributed by atoms with Crippen LogP contribution >= 0.6 is 11.8 Å². The largest absolute Gasteiger partial charge is 0.338 e. The number of benzene rings is 1. The van der Waals surface area contributed by atoms with E-state index in [4.69, 9.17) is 9.78 Å². The predicted octanol–water partition coefficient (Wildman–Crippen LogP) is 2.70. The van der Waals surface area contributed by atoms with E-state index in [9.17, 15) is 8.78 Å². The molecule has 1 heterocycles. The molecule has 0 aliphatic carbocycles. The summed E-state index contributed by atoms with van der Waals surface area (Å²) in [5.74, 6) is 0.237. The lowest BCUT2D eigenvalue weighted by atomic mass is 10.1. The molecule has 0 atom stereocenters. The van der Waals surface area contributed by atoms with Crippen LogP contribution in [0.15, 0.2) is 22.7 Å². The fourth-order valence-electron chi connectivity index (χ4n) is 1.44. The Morgan fingerprint density at radius 1 is 1.37 bits per heavy atom. The third-order valence-electron chi connectivity index (χ3n) is 2.27. The quantitative estimate of drug-likeness (QED) is 0.788. The molecule has 0 amide bonds. The summed E-state index contributed by atoms with van der Waals surface area (Å²) in [6.07, 6.45) is 0.137. The zero-order chi connectivity index (χ0) is 13.7. The van der Waals surface area contributed by atoms with E-state index in [2.05, 4.69) is 10.1 Å². The first-order chi connectivity index (χ1) is 9.19. The fraction of sp³-hybridized carbons (Fsp3) is 0.250. The van der Waals surface area contributed by atoms with Crippen molar-refractivity contribution in [2.75, 3.05) is 5.75 Å². The molecule has 0 saturated heterocycles.